The molecule has 1 amide bonds. The SMILES string of the molecule is C=CC(=O)N1CC(C)N(c2nc(=O)n(-c3c(C)ccnc3C(C)C)c3nc(-c4c(O)cccc4F)c(Cl)cc23)CC1C. The lowest BCUT2D eigenvalue weighted by atomic mass is 10.0. The Balaban J connectivity index is 1.85. The van der Waals surface area contributed by atoms with Crippen molar-refractivity contribution < 1.29 is 14.3 Å². The highest BCUT2D eigenvalue weighted by Crippen LogP contribution is 2.39. The van der Waals surface area contributed by atoms with Gasteiger partial charge in [0.1, 0.15) is 17.4 Å². The third-order valence-electron chi connectivity index (χ3n) is 7.67. The van der Waals surface area contributed by atoms with Gasteiger partial charge in [-0.1, -0.05) is 38.1 Å². The topological polar surface area (TPSA) is 104 Å². The maximum Gasteiger partial charge on any atom is 0.355 e. The second-order valence-electron chi connectivity index (χ2n) is 10.9. The number of piperazine rings is 1. The smallest absolute Gasteiger partial charge is 0.355 e. The molecule has 11 heteroatoms. The number of hydrogen-bond donors (Lipinski definition) is 1. The van der Waals surface area contributed by atoms with Gasteiger partial charge in [0, 0.05) is 31.4 Å². The summed E-state index contributed by atoms with van der Waals surface area (Å²) >= 11 is 6.74. The number of phenols is 1. The minimum atomic E-state index is -0.710. The molecule has 0 radical (unpaired) electrons. The van der Waals surface area contributed by atoms with Crippen LogP contribution in [0.4, 0.5) is 10.2 Å². The molecular weight excluding hydrogens is 559 g/mol. The Kier molecular flexibility index (Phi) is 7.76. The molecule has 4 heterocycles. The van der Waals surface area contributed by atoms with E-state index in [0.29, 0.717) is 35.7 Å². The van der Waals surface area contributed by atoms with Crippen LogP contribution in [0.1, 0.15) is 44.9 Å². The van der Waals surface area contributed by atoms with E-state index in [4.69, 9.17) is 16.6 Å². The van der Waals surface area contributed by atoms with E-state index in [0.717, 1.165) is 5.56 Å². The van der Waals surface area contributed by atoms with Crippen LogP contribution < -0.4 is 10.6 Å². The number of aryl methyl sites for hydroxylation is 1. The van der Waals surface area contributed by atoms with Crippen molar-refractivity contribution in [2.75, 3.05) is 18.0 Å². The van der Waals surface area contributed by atoms with Crippen LogP contribution in [0, 0.1) is 12.7 Å². The molecule has 0 aliphatic carbocycles. The fourth-order valence-electron chi connectivity index (χ4n) is 5.58. The van der Waals surface area contributed by atoms with Crippen LogP contribution in [-0.4, -0.2) is 60.6 Å². The van der Waals surface area contributed by atoms with Crippen molar-refractivity contribution >= 4 is 34.4 Å². The lowest BCUT2D eigenvalue weighted by molar-refractivity contribution is -0.128. The van der Waals surface area contributed by atoms with E-state index in [-0.39, 0.29) is 51.6 Å². The highest BCUT2D eigenvalue weighted by molar-refractivity contribution is 6.34. The van der Waals surface area contributed by atoms with Gasteiger partial charge in [0.15, 0.2) is 5.65 Å². The predicted octanol–water partition coefficient (Wildman–Crippen LogP) is 5.38. The van der Waals surface area contributed by atoms with Gasteiger partial charge in [0.05, 0.1) is 33.0 Å². The van der Waals surface area contributed by atoms with Crippen LogP contribution in [0.5, 0.6) is 5.75 Å². The van der Waals surface area contributed by atoms with Gasteiger partial charge in [0.25, 0.3) is 0 Å². The predicted molar refractivity (Wildman–Crippen MR) is 162 cm³/mol. The highest BCUT2D eigenvalue weighted by atomic mass is 35.5. The number of nitrogens with zero attached hydrogens (tertiary/aromatic N) is 6. The summed E-state index contributed by atoms with van der Waals surface area (Å²) in [4.78, 5) is 44.1. The number of benzene rings is 1. The Bertz CT molecular complexity index is 1770. The number of aromatic nitrogens is 4. The van der Waals surface area contributed by atoms with Gasteiger partial charge in [-0.3, -0.25) is 9.78 Å². The highest BCUT2D eigenvalue weighted by Gasteiger charge is 2.34. The van der Waals surface area contributed by atoms with Crippen molar-refractivity contribution in [3.63, 3.8) is 0 Å². The first-order valence-corrected chi connectivity index (χ1v) is 14.1. The van der Waals surface area contributed by atoms with E-state index in [1.807, 2.05) is 39.5 Å². The van der Waals surface area contributed by atoms with Crippen LogP contribution in [0.15, 0.2) is 54.0 Å². The first kappa shape index (κ1) is 29.2. The van der Waals surface area contributed by atoms with E-state index in [1.165, 1.54) is 28.8 Å². The van der Waals surface area contributed by atoms with Crippen LogP contribution in [0.25, 0.3) is 28.0 Å². The summed E-state index contributed by atoms with van der Waals surface area (Å²) in [6, 6.07) is 6.93. The fraction of sp³-hybridized carbons (Fsp3) is 0.323. The summed E-state index contributed by atoms with van der Waals surface area (Å²) in [6.45, 7) is 14.1. The minimum absolute atomic E-state index is 0.0134. The molecule has 1 saturated heterocycles. The van der Waals surface area contributed by atoms with Crippen LogP contribution in [0.2, 0.25) is 5.02 Å². The second kappa shape index (κ2) is 11.2. The minimum Gasteiger partial charge on any atom is -0.507 e. The van der Waals surface area contributed by atoms with Crippen molar-refractivity contribution in [3.8, 4) is 22.7 Å². The quantitative estimate of drug-likeness (QED) is 0.311. The molecule has 0 spiro atoms. The Morgan fingerprint density at radius 1 is 1.19 bits per heavy atom. The largest absolute Gasteiger partial charge is 0.507 e. The molecule has 3 aromatic heterocycles. The van der Waals surface area contributed by atoms with Crippen LogP contribution in [-0.2, 0) is 4.79 Å². The average Bonchev–Trinajstić information content (AvgIpc) is 2.94. The molecule has 1 N–H and O–H groups in total. The van der Waals surface area contributed by atoms with Crippen LogP contribution >= 0.6 is 11.6 Å². The van der Waals surface area contributed by atoms with Crippen molar-refractivity contribution in [1.29, 1.82) is 0 Å². The molecule has 0 saturated carbocycles. The van der Waals surface area contributed by atoms with Gasteiger partial charge < -0.3 is 14.9 Å². The van der Waals surface area contributed by atoms with Crippen molar-refractivity contribution in [2.45, 2.75) is 52.6 Å². The third-order valence-corrected chi connectivity index (χ3v) is 7.96. The summed E-state index contributed by atoms with van der Waals surface area (Å²) in [5, 5.41) is 11.1. The molecule has 1 aliphatic heterocycles. The average molecular weight is 591 g/mol. The van der Waals surface area contributed by atoms with E-state index in [1.54, 1.807) is 23.2 Å². The number of carbonyl (C=O) groups is 1. The number of carbonyl (C=O) groups excluding carboxylic acids is 1. The third kappa shape index (κ3) is 4.89. The number of rotatable bonds is 5. The number of anilines is 1. The molecule has 2 unspecified atom stereocenters. The molecule has 218 valence electrons. The number of amides is 1. The molecule has 5 rings (SSSR count). The maximum atomic E-state index is 15.1. The molecule has 1 aromatic carbocycles. The Labute approximate surface area is 247 Å². The fourth-order valence-corrected chi connectivity index (χ4v) is 5.83. The van der Waals surface area contributed by atoms with Gasteiger partial charge in [0.2, 0.25) is 5.91 Å². The molecule has 42 heavy (non-hydrogen) atoms. The molecule has 9 nitrogen and oxygen atoms in total. The van der Waals surface area contributed by atoms with Crippen LogP contribution in [0.3, 0.4) is 0 Å². The maximum absolute atomic E-state index is 15.1. The van der Waals surface area contributed by atoms with Crippen molar-refractivity contribution in [2.24, 2.45) is 0 Å². The molecule has 1 aliphatic rings. The Morgan fingerprint density at radius 3 is 2.60 bits per heavy atom. The van der Waals surface area contributed by atoms with E-state index < -0.39 is 11.5 Å². The summed E-state index contributed by atoms with van der Waals surface area (Å²) < 4.78 is 16.4. The summed E-state index contributed by atoms with van der Waals surface area (Å²) in [5.74, 6) is -0.909. The van der Waals surface area contributed by atoms with E-state index >= 15 is 4.39 Å². The Morgan fingerprint density at radius 2 is 1.93 bits per heavy atom. The lowest BCUT2D eigenvalue weighted by Gasteiger charge is -2.44. The first-order valence-electron chi connectivity index (χ1n) is 13.7. The summed E-state index contributed by atoms with van der Waals surface area (Å²) in [5.41, 5.74) is 1.37. The summed E-state index contributed by atoms with van der Waals surface area (Å²) in [7, 11) is 0. The summed E-state index contributed by atoms with van der Waals surface area (Å²) in [6.07, 6.45) is 2.98. The zero-order chi connectivity index (χ0) is 30.5. The number of fused-ring (bicyclic) bond motifs is 1. The standard InChI is InChI=1S/C31H32ClFN6O3/c1-7-24(41)37-14-19(6)38(15-18(37)5)29-20-13-21(32)27(25-22(33)9-8-10-23(25)40)35-30(20)39(31(42)36-29)28-17(4)11-12-34-26(28)16(2)3/h7-13,16,18-19,40H,1,14-15H2,2-6H3. The van der Waals surface area contributed by atoms with Gasteiger partial charge in [-0.15, -0.1) is 0 Å². The number of phenolic OH excluding ortho intramolecular Hbond substituents is 1. The Hall–Kier alpha value is -4.31. The first-order chi connectivity index (χ1) is 19.9. The number of halogens is 2. The zero-order valence-electron chi connectivity index (χ0n) is 24.1. The lowest BCUT2D eigenvalue weighted by Crippen LogP contribution is -2.58. The zero-order valence-corrected chi connectivity index (χ0v) is 24.9. The van der Waals surface area contributed by atoms with Gasteiger partial charge in [-0.2, -0.15) is 4.98 Å². The molecule has 2 atom stereocenters. The van der Waals surface area contributed by atoms with Gasteiger partial charge in [-0.05, 0) is 62.6 Å². The van der Waals surface area contributed by atoms with Crippen molar-refractivity contribution in [3.05, 3.63) is 81.8 Å². The normalized spacial score (nSPS) is 17.2. The molecule has 0 bridgehead atoms. The van der Waals surface area contributed by atoms with Crippen molar-refractivity contribution in [1.82, 2.24) is 24.4 Å². The van der Waals surface area contributed by atoms with Gasteiger partial charge in [-0.25, -0.2) is 18.7 Å². The molecular formula is C31H32ClFN6O3. The second-order valence-corrected chi connectivity index (χ2v) is 11.3. The number of pyridine rings is 2. The van der Waals surface area contributed by atoms with E-state index in [2.05, 4.69) is 16.5 Å². The van der Waals surface area contributed by atoms with Gasteiger partial charge >= 0.3 is 5.69 Å². The monoisotopic (exact) mass is 590 g/mol. The molecule has 1 fully saturated rings. The van der Waals surface area contributed by atoms with E-state index in [9.17, 15) is 14.7 Å². The molecule has 4 aromatic rings. The number of hydrogen-bond acceptors (Lipinski definition) is 7. The number of aromatic hydroxyl groups is 1.